The first-order valence-electron chi connectivity index (χ1n) is 6.67. The van der Waals surface area contributed by atoms with Crippen LogP contribution in [0, 0.1) is 11.3 Å². The van der Waals surface area contributed by atoms with Crippen molar-refractivity contribution in [3.8, 4) is 6.07 Å². The number of rotatable bonds is 3. The van der Waals surface area contributed by atoms with Gasteiger partial charge >= 0.3 is 0 Å². The van der Waals surface area contributed by atoms with E-state index in [1.165, 1.54) is 0 Å². The molecule has 0 unspecified atom stereocenters. The summed E-state index contributed by atoms with van der Waals surface area (Å²) in [6.45, 7) is 10.9. The van der Waals surface area contributed by atoms with E-state index in [-0.39, 0.29) is 5.41 Å². The van der Waals surface area contributed by atoms with Crippen molar-refractivity contribution in [3.05, 3.63) is 15.6 Å². The molecule has 1 saturated heterocycles. The first-order chi connectivity index (χ1) is 9.00. The van der Waals surface area contributed by atoms with Crippen LogP contribution in [0.15, 0.2) is 0 Å². The molecule has 0 aliphatic carbocycles. The van der Waals surface area contributed by atoms with E-state index in [4.69, 9.17) is 15.0 Å². The lowest BCUT2D eigenvalue weighted by Gasteiger charge is -2.25. The Labute approximate surface area is 119 Å². The Hall–Kier alpha value is -0.960. The van der Waals surface area contributed by atoms with Gasteiger partial charge in [-0.1, -0.05) is 20.8 Å². The van der Waals surface area contributed by atoms with Crippen LogP contribution in [-0.4, -0.2) is 36.2 Å². The number of morpholine rings is 1. The van der Waals surface area contributed by atoms with E-state index >= 15 is 0 Å². The fourth-order valence-corrected chi connectivity index (χ4v) is 3.45. The lowest BCUT2D eigenvalue weighted by atomic mass is 9.91. The Balaban J connectivity index is 2.15. The Bertz CT molecular complexity index is 464. The first kappa shape index (κ1) is 14.4. The SMILES string of the molecule is CC(C)(C)c1nc(CN2CCOCC2)sc1CC#N. The van der Waals surface area contributed by atoms with Gasteiger partial charge in [-0.2, -0.15) is 5.26 Å². The number of thiazole rings is 1. The standard InChI is InChI=1S/C14H21N3OS/c1-14(2,3)13-11(4-5-15)19-12(16-13)10-17-6-8-18-9-7-17/h4,6-10H2,1-3H3. The average Bonchev–Trinajstić information content (AvgIpc) is 2.74. The third-order valence-corrected chi connectivity index (χ3v) is 4.19. The molecule has 1 aromatic heterocycles. The summed E-state index contributed by atoms with van der Waals surface area (Å²) in [5.41, 5.74) is 1.09. The summed E-state index contributed by atoms with van der Waals surface area (Å²) in [4.78, 5) is 8.27. The van der Waals surface area contributed by atoms with Gasteiger partial charge in [-0.15, -0.1) is 11.3 Å². The van der Waals surface area contributed by atoms with Crippen LogP contribution in [-0.2, 0) is 23.1 Å². The molecule has 1 aliphatic rings. The van der Waals surface area contributed by atoms with Gasteiger partial charge < -0.3 is 4.74 Å². The number of hydrogen-bond acceptors (Lipinski definition) is 5. The first-order valence-corrected chi connectivity index (χ1v) is 7.48. The van der Waals surface area contributed by atoms with E-state index in [9.17, 15) is 0 Å². The molecule has 104 valence electrons. The molecule has 2 rings (SSSR count). The molecule has 0 spiro atoms. The number of aromatic nitrogens is 1. The Morgan fingerprint density at radius 1 is 1.37 bits per heavy atom. The molecule has 1 aromatic rings. The van der Waals surface area contributed by atoms with Crippen molar-refractivity contribution in [2.24, 2.45) is 0 Å². The minimum absolute atomic E-state index is 0.00590. The maximum Gasteiger partial charge on any atom is 0.107 e. The third kappa shape index (κ3) is 3.75. The summed E-state index contributed by atoms with van der Waals surface area (Å²) in [5, 5.41) is 10.1. The summed E-state index contributed by atoms with van der Waals surface area (Å²) in [6.07, 6.45) is 0.466. The zero-order chi connectivity index (χ0) is 13.9. The fraction of sp³-hybridized carbons (Fsp3) is 0.714. The second-order valence-corrected chi connectivity index (χ2v) is 7.02. The van der Waals surface area contributed by atoms with E-state index in [1.54, 1.807) is 11.3 Å². The van der Waals surface area contributed by atoms with Gasteiger partial charge in [0.25, 0.3) is 0 Å². The van der Waals surface area contributed by atoms with E-state index in [0.717, 1.165) is 48.4 Å². The van der Waals surface area contributed by atoms with Gasteiger partial charge in [-0.25, -0.2) is 4.98 Å². The van der Waals surface area contributed by atoms with Crippen LogP contribution in [0.3, 0.4) is 0 Å². The molecule has 0 bridgehead atoms. The van der Waals surface area contributed by atoms with Crippen molar-refractivity contribution < 1.29 is 4.74 Å². The zero-order valence-electron chi connectivity index (χ0n) is 11.9. The monoisotopic (exact) mass is 279 g/mol. The maximum absolute atomic E-state index is 8.94. The van der Waals surface area contributed by atoms with Gasteiger partial charge in [0.05, 0.1) is 37.9 Å². The van der Waals surface area contributed by atoms with Crippen LogP contribution < -0.4 is 0 Å². The fourth-order valence-electron chi connectivity index (χ4n) is 2.20. The highest BCUT2D eigenvalue weighted by Gasteiger charge is 2.24. The van der Waals surface area contributed by atoms with E-state index < -0.39 is 0 Å². The minimum atomic E-state index is 0.00590. The Kier molecular flexibility index (Phi) is 4.56. The summed E-state index contributed by atoms with van der Waals surface area (Å²) < 4.78 is 5.36. The quantitative estimate of drug-likeness (QED) is 0.852. The van der Waals surface area contributed by atoms with Gasteiger partial charge in [-0.05, 0) is 0 Å². The van der Waals surface area contributed by atoms with Crippen molar-refractivity contribution in [2.75, 3.05) is 26.3 Å². The van der Waals surface area contributed by atoms with Crippen molar-refractivity contribution in [3.63, 3.8) is 0 Å². The van der Waals surface area contributed by atoms with E-state index in [1.807, 2.05) is 0 Å². The molecule has 4 nitrogen and oxygen atoms in total. The molecule has 0 saturated carbocycles. The zero-order valence-corrected chi connectivity index (χ0v) is 12.7. The summed E-state index contributed by atoms with van der Waals surface area (Å²) in [5.74, 6) is 0. The molecule has 0 aromatic carbocycles. The number of ether oxygens (including phenoxy) is 1. The lowest BCUT2D eigenvalue weighted by Crippen LogP contribution is -2.35. The van der Waals surface area contributed by atoms with Crippen LogP contribution in [0.4, 0.5) is 0 Å². The Morgan fingerprint density at radius 3 is 2.63 bits per heavy atom. The van der Waals surface area contributed by atoms with Crippen molar-refractivity contribution in [2.45, 2.75) is 39.2 Å². The highest BCUT2D eigenvalue weighted by atomic mass is 32.1. The average molecular weight is 279 g/mol. The third-order valence-electron chi connectivity index (χ3n) is 3.15. The van der Waals surface area contributed by atoms with Crippen LogP contribution >= 0.6 is 11.3 Å². The van der Waals surface area contributed by atoms with Gasteiger partial charge in [-0.3, -0.25) is 4.90 Å². The highest BCUT2D eigenvalue weighted by Crippen LogP contribution is 2.30. The second kappa shape index (κ2) is 6.00. The topological polar surface area (TPSA) is 49.2 Å². The molecule has 1 aliphatic heterocycles. The molecule has 19 heavy (non-hydrogen) atoms. The van der Waals surface area contributed by atoms with Crippen molar-refractivity contribution in [1.29, 1.82) is 5.26 Å². The van der Waals surface area contributed by atoms with Crippen LogP contribution in [0.5, 0.6) is 0 Å². The number of nitrogens with zero attached hydrogens (tertiary/aromatic N) is 3. The van der Waals surface area contributed by atoms with Crippen molar-refractivity contribution in [1.82, 2.24) is 9.88 Å². The van der Waals surface area contributed by atoms with Crippen LogP contribution in [0.2, 0.25) is 0 Å². The highest BCUT2D eigenvalue weighted by molar-refractivity contribution is 7.11. The molecule has 5 heteroatoms. The second-order valence-electron chi connectivity index (χ2n) is 5.85. The smallest absolute Gasteiger partial charge is 0.107 e. The molecule has 0 atom stereocenters. The molecular formula is C14H21N3OS. The van der Waals surface area contributed by atoms with Crippen LogP contribution in [0.1, 0.15) is 36.3 Å². The molecule has 0 radical (unpaired) electrons. The molecule has 1 fully saturated rings. The van der Waals surface area contributed by atoms with Crippen LogP contribution in [0.25, 0.3) is 0 Å². The summed E-state index contributed by atoms with van der Waals surface area (Å²) in [6, 6.07) is 2.25. The van der Waals surface area contributed by atoms with Gasteiger partial charge in [0.1, 0.15) is 5.01 Å². The van der Waals surface area contributed by atoms with Crippen molar-refractivity contribution >= 4 is 11.3 Å². The molecule has 0 N–H and O–H groups in total. The minimum Gasteiger partial charge on any atom is -0.379 e. The summed E-state index contributed by atoms with van der Waals surface area (Å²) in [7, 11) is 0. The van der Waals surface area contributed by atoms with E-state index in [0.29, 0.717) is 6.42 Å². The molecular weight excluding hydrogens is 258 g/mol. The lowest BCUT2D eigenvalue weighted by molar-refractivity contribution is 0.0341. The predicted molar refractivity (Wildman–Crippen MR) is 76.2 cm³/mol. The maximum atomic E-state index is 8.94. The normalized spacial score (nSPS) is 17.4. The molecule has 0 amide bonds. The molecule has 2 heterocycles. The number of hydrogen-bond donors (Lipinski definition) is 0. The largest absolute Gasteiger partial charge is 0.379 e. The van der Waals surface area contributed by atoms with Gasteiger partial charge in [0.15, 0.2) is 0 Å². The number of nitriles is 1. The summed E-state index contributed by atoms with van der Waals surface area (Å²) >= 11 is 1.69. The Morgan fingerprint density at radius 2 is 2.05 bits per heavy atom. The van der Waals surface area contributed by atoms with Gasteiger partial charge in [0.2, 0.25) is 0 Å². The van der Waals surface area contributed by atoms with E-state index in [2.05, 4.69) is 31.7 Å². The van der Waals surface area contributed by atoms with Gasteiger partial charge in [0, 0.05) is 23.4 Å². The predicted octanol–water partition coefficient (Wildman–Crippen LogP) is 2.34.